The maximum Gasteiger partial charge on any atom is 0.303 e. The quantitative estimate of drug-likeness (QED) is 0.794. The molecule has 1 aliphatic heterocycles. The number of piperidine rings is 1. The van der Waals surface area contributed by atoms with Crippen LogP contribution < -0.4 is 5.32 Å². The topological polar surface area (TPSA) is 69.6 Å². The highest BCUT2D eigenvalue weighted by atomic mass is 16.4. The van der Waals surface area contributed by atoms with Crippen molar-refractivity contribution in [2.75, 3.05) is 13.6 Å². The van der Waals surface area contributed by atoms with Crippen LogP contribution in [0.3, 0.4) is 0 Å². The number of nitrogens with zero attached hydrogens (tertiary/aromatic N) is 1. The lowest BCUT2D eigenvalue weighted by Gasteiger charge is -2.35. The van der Waals surface area contributed by atoms with Crippen molar-refractivity contribution in [2.45, 2.75) is 58.5 Å². The Hall–Kier alpha value is -1.10. The van der Waals surface area contributed by atoms with Crippen LogP contribution >= 0.6 is 0 Å². The maximum absolute atomic E-state index is 12.0. The molecule has 0 aliphatic carbocycles. The predicted octanol–water partition coefficient (Wildman–Crippen LogP) is 1.48. The third kappa shape index (κ3) is 5.59. The number of hydrogen-bond donors (Lipinski definition) is 2. The van der Waals surface area contributed by atoms with Crippen molar-refractivity contribution in [3.05, 3.63) is 0 Å². The highest BCUT2D eigenvalue weighted by molar-refractivity contribution is 5.78. The number of hydrogen-bond acceptors (Lipinski definition) is 3. The SMILES string of the molecule is CC1CC(NC(=O)CC(C)(C)CC(=O)O)CCN1C. The molecule has 2 N–H and O–H groups in total. The zero-order chi connectivity index (χ0) is 14.6. The van der Waals surface area contributed by atoms with Crippen LogP contribution in [0.4, 0.5) is 0 Å². The number of carboxylic acid groups (broad SMARTS) is 1. The van der Waals surface area contributed by atoms with Crippen molar-refractivity contribution in [2.24, 2.45) is 5.41 Å². The molecule has 5 heteroatoms. The smallest absolute Gasteiger partial charge is 0.303 e. The van der Waals surface area contributed by atoms with Crippen molar-refractivity contribution >= 4 is 11.9 Å². The molecule has 0 aromatic heterocycles. The van der Waals surface area contributed by atoms with E-state index in [2.05, 4.69) is 24.2 Å². The molecule has 0 spiro atoms. The van der Waals surface area contributed by atoms with Gasteiger partial charge in [0.05, 0.1) is 6.42 Å². The average Bonchev–Trinajstić information content (AvgIpc) is 2.20. The lowest BCUT2D eigenvalue weighted by molar-refractivity contribution is -0.139. The number of aliphatic carboxylic acids is 1. The van der Waals surface area contributed by atoms with Gasteiger partial charge in [0.1, 0.15) is 0 Å². The van der Waals surface area contributed by atoms with Crippen LogP contribution in [0.25, 0.3) is 0 Å². The lowest BCUT2D eigenvalue weighted by Crippen LogP contribution is -2.47. The maximum atomic E-state index is 12.0. The number of carbonyl (C=O) groups excluding carboxylic acids is 1. The molecule has 1 amide bonds. The zero-order valence-electron chi connectivity index (χ0n) is 12.4. The highest BCUT2D eigenvalue weighted by Crippen LogP contribution is 2.25. The molecule has 0 aromatic carbocycles. The minimum atomic E-state index is -0.856. The summed E-state index contributed by atoms with van der Waals surface area (Å²) in [5.74, 6) is -0.890. The van der Waals surface area contributed by atoms with Crippen LogP contribution in [-0.4, -0.2) is 47.6 Å². The summed E-state index contributed by atoms with van der Waals surface area (Å²) >= 11 is 0. The van der Waals surface area contributed by atoms with Gasteiger partial charge in [-0.1, -0.05) is 13.8 Å². The second kappa shape index (κ2) is 6.37. The Balaban J connectivity index is 2.41. The van der Waals surface area contributed by atoms with Gasteiger partial charge >= 0.3 is 5.97 Å². The van der Waals surface area contributed by atoms with Gasteiger partial charge in [0.2, 0.25) is 5.91 Å². The van der Waals surface area contributed by atoms with Gasteiger partial charge in [-0.15, -0.1) is 0 Å². The Bertz CT molecular complexity index is 342. The van der Waals surface area contributed by atoms with Crippen LogP contribution in [-0.2, 0) is 9.59 Å². The van der Waals surface area contributed by atoms with Gasteiger partial charge in [-0.2, -0.15) is 0 Å². The van der Waals surface area contributed by atoms with E-state index in [0.717, 1.165) is 19.4 Å². The van der Waals surface area contributed by atoms with E-state index in [9.17, 15) is 9.59 Å². The van der Waals surface area contributed by atoms with Gasteiger partial charge in [-0.3, -0.25) is 9.59 Å². The third-order valence-corrected chi connectivity index (χ3v) is 3.84. The molecule has 5 nitrogen and oxygen atoms in total. The third-order valence-electron chi connectivity index (χ3n) is 3.84. The fourth-order valence-corrected chi connectivity index (χ4v) is 2.61. The van der Waals surface area contributed by atoms with E-state index in [1.165, 1.54) is 0 Å². The molecule has 0 aromatic rings. The second-order valence-corrected chi connectivity index (χ2v) is 6.53. The monoisotopic (exact) mass is 270 g/mol. The molecule has 1 saturated heterocycles. The molecule has 2 unspecified atom stereocenters. The molecular weight excluding hydrogens is 244 g/mol. The molecule has 1 rings (SSSR count). The molecular formula is C14H26N2O3. The first-order valence-electron chi connectivity index (χ1n) is 6.91. The number of carbonyl (C=O) groups is 2. The number of amides is 1. The van der Waals surface area contributed by atoms with Gasteiger partial charge < -0.3 is 15.3 Å². The molecule has 19 heavy (non-hydrogen) atoms. The molecule has 0 radical (unpaired) electrons. The second-order valence-electron chi connectivity index (χ2n) is 6.53. The lowest BCUT2D eigenvalue weighted by atomic mass is 9.85. The van der Waals surface area contributed by atoms with Crippen LogP contribution in [0.5, 0.6) is 0 Å². The summed E-state index contributed by atoms with van der Waals surface area (Å²) in [6, 6.07) is 0.699. The molecule has 1 heterocycles. The highest BCUT2D eigenvalue weighted by Gasteiger charge is 2.28. The van der Waals surface area contributed by atoms with Crippen LogP contribution in [0.1, 0.15) is 46.5 Å². The van der Waals surface area contributed by atoms with E-state index in [-0.39, 0.29) is 24.8 Å². The number of nitrogens with one attached hydrogen (secondary N) is 1. The summed E-state index contributed by atoms with van der Waals surface area (Å²) in [4.78, 5) is 25.0. The number of carboxylic acids is 1. The van der Waals surface area contributed by atoms with E-state index in [0.29, 0.717) is 6.04 Å². The fraction of sp³-hybridized carbons (Fsp3) is 0.857. The largest absolute Gasteiger partial charge is 0.481 e. The molecule has 110 valence electrons. The molecule has 0 saturated carbocycles. The fourth-order valence-electron chi connectivity index (χ4n) is 2.61. The van der Waals surface area contributed by atoms with Crippen molar-refractivity contribution in [3.8, 4) is 0 Å². The summed E-state index contributed by atoms with van der Waals surface area (Å²) < 4.78 is 0. The van der Waals surface area contributed by atoms with Crippen LogP contribution in [0.15, 0.2) is 0 Å². The van der Waals surface area contributed by atoms with E-state index in [4.69, 9.17) is 5.11 Å². The summed E-state index contributed by atoms with van der Waals surface area (Å²) in [5.41, 5.74) is -0.493. The molecule has 0 bridgehead atoms. The molecule has 1 fully saturated rings. The Morgan fingerprint density at radius 2 is 2.00 bits per heavy atom. The normalized spacial score (nSPS) is 25.1. The summed E-state index contributed by atoms with van der Waals surface area (Å²) in [6.45, 7) is 6.78. The first kappa shape index (κ1) is 16.0. The van der Waals surface area contributed by atoms with Crippen molar-refractivity contribution in [1.29, 1.82) is 0 Å². The van der Waals surface area contributed by atoms with Crippen LogP contribution in [0.2, 0.25) is 0 Å². The summed E-state index contributed by atoms with van der Waals surface area (Å²) in [6.07, 6.45) is 2.21. The van der Waals surface area contributed by atoms with E-state index in [1.807, 2.05) is 13.8 Å². The Morgan fingerprint density at radius 1 is 1.37 bits per heavy atom. The average molecular weight is 270 g/mol. The number of rotatable bonds is 5. The zero-order valence-corrected chi connectivity index (χ0v) is 12.4. The summed E-state index contributed by atoms with van der Waals surface area (Å²) in [5, 5.41) is 11.9. The van der Waals surface area contributed by atoms with Crippen molar-refractivity contribution < 1.29 is 14.7 Å². The van der Waals surface area contributed by atoms with Crippen molar-refractivity contribution in [3.63, 3.8) is 0 Å². The Kier molecular flexibility index (Phi) is 5.35. The summed E-state index contributed by atoms with van der Waals surface area (Å²) in [7, 11) is 2.10. The molecule has 2 atom stereocenters. The van der Waals surface area contributed by atoms with E-state index < -0.39 is 11.4 Å². The molecule has 1 aliphatic rings. The van der Waals surface area contributed by atoms with E-state index in [1.54, 1.807) is 0 Å². The van der Waals surface area contributed by atoms with Gasteiger partial charge in [0, 0.05) is 25.0 Å². The Morgan fingerprint density at radius 3 is 2.53 bits per heavy atom. The standard InChI is InChI=1S/C14H26N2O3/c1-10-7-11(5-6-16(10)4)15-12(17)8-14(2,3)9-13(18)19/h10-11H,5-9H2,1-4H3,(H,15,17)(H,18,19). The van der Waals surface area contributed by atoms with Crippen LogP contribution in [0, 0.1) is 5.41 Å². The minimum absolute atomic E-state index is 0.0181. The Labute approximate surface area is 115 Å². The minimum Gasteiger partial charge on any atom is -0.481 e. The van der Waals surface area contributed by atoms with E-state index >= 15 is 0 Å². The van der Waals surface area contributed by atoms with Gasteiger partial charge in [-0.05, 0) is 32.2 Å². The first-order valence-corrected chi connectivity index (χ1v) is 6.91. The first-order chi connectivity index (χ1) is 8.69. The number of likely N-dealkylation sites (tertiary alicyclic amines) is 1. The predicted molar refractivity (Wildman–Crippen MR) is 73.9 cm³/mol. The van der Waals surface area contributed by atoms with Gasteiger partial charge in [0.15, 0.2) is 0 Å². The van der Waals surface area contributed by atoms with Gasteiger partial charge in [0.25, 0.3) is 0 Å². The van der Waals surface area contributed by atoms with Crippen molar-refractivity contribution in [1.82, 2.24) is 10.2 Å². The van der Waals surface area contributed by atoms with Gasteiger partial charge in [-0.25, -0.2) is 0 Å².